The third-order valence-electron chi connectivity index (χ3n) is 7.80. The molecule has 0 spiro atoms. The van der Waals surface area contributed by atoms with Crippen molar-refractivity contribution in [1.82, 2.24) is 0 Å². The van der Waals surface area contributed by atoms with Gasteiger partial charge < -0.3 is 18.9 Å². The smallest absolute Gasteiger partial charge is 0.201 e. The van der Waals surface area contributed by atoms with Crippen molar-refractivity contribution in [2.75, 3.05) is 14.2 Å². The summed E-state index contributed by atoms with van der Waals surface area (Å²) in [6, 6.07) is 34.6. The zero-order valence-electron chi connectivity index (χ0n) is 24.7. The van der Waals surface area contributed by atoms with E-state index in [2.05, 4.69) is 0 Å². The summed E-state index contributed by atoms with van der Waals surface area (Å²) in [4.78, 5) is 27.1. The largest absolute Gasteiger partial charge is 0.496 e. The molecule has 1 aliphatic rings. The highest BCUT2D eigenvalue weighted by Gasteiger charge is 2.35. The van der Waals surface area contributed by atoms with Crippen LogP contribution in [0.2, 0.25) is 0 Å². The van der Waals surface area contributed by atoms with Gasteiger partial charge in [-0.3, -0.25) is 9.59 Å². The number of hydrogen-bond donors (Lipinski definition) is 0. The Kier molecular flexibility index (Phi) is 8.41. The van der Waals surface area contributed by atoms with Crippen LogP contribution in [0, 0.1) is 0 Å². The van der Waals surface area contributed by atoms with Gasteiger partial charge in [-0.25, -0.2) is 0 Å². The van der Waals surface area contributed by atoms with Gasteiger partial charge in [-0.1, -0.05) is 84.9 Å². The number of methoxy groups -OCH3 is 2. The summed E-state index contributed by atoms with van der Waals surface area (Å²) in [5, 5.41) is 0. The Morgan fingerprint density at radius 2 is 1.16 bits per heavy atom. The fraction of sp³-hybridized carbons (Fsp3) is 0.158. The Balaban J connectivity index is 1.26. The maximum absolute atomic E-state index is 13.7. The number of ether oxygens (including phenoxy) is 4. The summed E-state index contributed by atoms with van der Waals surface area (Å²) >= 11 is 0. The molecule has 6 heteroatoms. The highest BCUT2D eigenvalue weighted by molar-refractivity contribution is 6.30. The van der Waals surface area contributed by atoms with Gasteiger partial charge in [-0.15, -0.1) is 0 Å². The standard InChI is InChI=1S/C38H32O6/c1-41-32-15-9-14-29-34(32)37(40)35-30(36(29)39)20-19-28(38(35)42-2)18-16-25-17-21-31(43-23-26-10-5-3-6-11-26)33(22-25)44-24-27-12-7-4-8-13-27/h3-15,17,19-22H,16,18,23-24H2,1-2H3. The molecular weight excluding hydrogens is 552 g/mol. The summed E-state index contributed by atoms with van der Waals surface area (Å²) in [7, 11) is 3.02. The average Bonchev–Trinajstić information content (AvgIpc) is 3.08. The minimum absolute atomic E-state index is 0.218. The molecule has 0 amide bonds. The number of ketones is 2. The third kappa shape index (κ3) is 5.79. The van der Waals surface area contributed by atoms with E-state index in [4.69, 9.17) is 18.9 Å². The van der Waals surface area contributed by atoms with E-state index >= 15 is 0 Å². The van der Waals surface area contributed by atoms with E-state index in [1.54, 1.807) is 24.3 Å². The van der Waals surface area contributed by atoms with Crippen LogP contribution in [0.3, 0.4) is 0 Å². The van der Waals surface area contributed by atoms with Crippen LogP contribution in [0.15, 0.2) is 109 Å². The molecule has 0 aliphatic heterocycles. The van der Waals surface area contributed by atoms with Crippen LogP contribution >= 0.6 is 0 Å². The number of hydrogen-bond acceptors (Lipinski definition) is 6. The number of carbonyl (C=O) groups excluding carboxylic acids is 2. The lowest BCUT2D eigenvalue weighted by atomic mass is 9.81. The zero-order valence-corrected chi connectivity index (χ0v) is 24.7. The molecule has 0 bridgehead atoms. The molecule has 0 radical (unpaired) electrons. The number of fused-ring (bicyclic) bond motifs is 2. The van der Waals surface area contributed by atoms with E-state index in [1.807, 2.05) is 84.9 Å². The van der Waals surface area contributed by atoms with E-state index in [1.165, 1.54) is 14.2 Å². The molecule has 44 heavy (non-hydrogen) atoms. The molecule has 1 aliphatic carbocycles. The highest BCUT2D eigenvalue weighted by atomic mass is 16.5. The summed E-state index contributed by atoms with van der Waals surface area (Å²) in [6.07, 6.45) is 1.23. The first-order valence-corrected chi connectivity index (χ1v) is 14.5. The molecule has 0 atom stereocenters. The van der Waals surface area contributed by atoms with Gasteiger partial charge in [-0.05, 0) is 59.4 Å². The lowest BCUT2D eigenvalue weighted by molar-refractivity contribution is 0.0973. The molecule has 220 valence electrons. The minimum Gasteiger partial charge on any atom is -0.496 e. The predicted molar refractivity (Wildman–Crippen MR) is 168 cm³/mol. The van der Waals surface area contributed by atoms with Crippen molar-refractivity contribution in [1.29, 1.82) is 0 Å². The summed E-state index contributed by atoms with van der Waals surface area (Å²) in [5.41, 5.74) is 5.23. The first kappa shape index (κ1) is 28.7. The molecule has 0 unspecified atom stereocenters. The Morgan fingerprint density at radius 3 is 1.82 bits per heavy atom. The molecule has 0 fully saturated rings. The summed E-state index contributed by atoms with van der Waals surface area (Å²) < 4.78 is 23.6. The van der Waals surface area contributed by atoms with E-state index in [-0.39, 0.29) is 22.7 Å². The van der Waals surface area contributed by atoms with Crippen LogP contribution in [0.25, 0.3) is 0 Å². The van der Waals surface area contributed by atoms with Crippen LogP contribution < -0.4 is 18.9 Å². The van der Waals surface area contributed by atoms with Crippen molar-refractivity contribution in [3.05, 3.63) is 154 Å². The Morgan fingerprint density at radius 1 is 0.500 bits per heavy atom. The topological polar surface area (TPSA) is 71.1 Å². The molecule has 0 saturated carbocycles. The van der Waals surface area contributed by atoms with Crippen LogP contribution in [-0.2, 0) is 26.1 Å². The first-order valence-electron chi connectivity index (χ1n) is 14.5. The molecule has 5 aromatic carbocycles. The maximum atomic E-state index is 13.7. The van der Waals surface area contributed by atoms with Gasteiger partial charge in [0.25, 0.3) is 0 Å². The van der Waals surface area contributed by atoms with E-state index in [0.29, 0.717) is 60.2 Å². The minimum atomic E-state index is -0.276. The summed E-state index contributed by atoms with van der Waals surface area (Å²) in [5.74, 6) is 1.62. The van der Waals surface area contributed by atoms with E-state index < -0.39 is 0 Å². The van der Waals surface area contributed by atoms with E-state index in [0.717, 1.165) is 22.3 Å². The van der Waals surface area contributed by atoms with Gasteiger partial charge in [0.1, 0.15) is 24.7 Å². The van der Waals surface area contributed by atoms with Gasteiger partial charge in [0.15, 0.2) is 17.3 Å². The van der Waals surface area contributed by atoms with Crippen molar-refractivity contribution in [2.45, 2.75) is 26.1 Å². The lowest BCUT2D eigenvalue weighted by Crippen LogP contribution is -2.23. The van der Waals surface area contributed by atoms with Crippen molar-refractivity contribution < 1.29 is 28.5 Å². The second-order valence-corrected chi connectivity index (χ2v) is 10.6. The normalized spacial score (nSPS) is 11.9. The third-order valence-corrected chi connectivity index (χ3v) is 7.80. The molecule has 6 rings (SSSR count). The van der Waals surface area contributed by atoms with Crippen LogP contribution in [-0.4, -0.2) is 25.8 Å². The van der Waals surface area contributed by atoms with E-state index in [9.17, 15) is 9.59 Å². The quantitative estimate of drug-likeness (QED) is 0.158. The molecule has 0 heterocycles. The number of carbonyl (C=O) groups is 2. The number of benzene rings is 5. The number of rotatable bonds is 11. The molecule has 6 nitrogen and oxygen atoms in total. The van der Waals surface area contributed by atoms with Crippen molar-refractivity contribution in [3.8, 4) is 23.0 Å². The second kappa shape index (κ2) is 12.9. The Labute approximate surface area is 256 Å². The van der Waals surface area contributed by atoms with Crippen molar-refractivity contribution in [3.63, 3.8) is 0 Å². The van der Waals surface area contributed by atoms with Crippen molar-refractivity contribution >= 4 is 11.6 Å². The molecule has 0 aromatic heterocycles. The zero-order chi connectivity index (χ0) is 30.5. The van der Waals surface area contributed by atoms with Crippen LogP contribution in [0.1, 0.15) is 54.1 Å². The lowest BCUT2D eigenvalue weighted by Gasteiger charge is -2.23. The van der Waals surface area contributed by atoms with Crippen LogP contribution in [0.4, 0.5) is 0 Å². The molecule has 5 aromatic rings. The summed E-state index contributed by atoms with van der Waals surface area (Å²) in [6.45, 7) is 0.834. The van der Waals surface area contributed by atoms with Gasteiger partial charge in [0.2, 0.25) is 5.78 Å². The maximum Gasteiger partial charge on any atom is 0.201 e. The Bertz CT molecular complexity index is 1810. The monoisotopic (exact) mass is 584 g/mol. The second-order valence-electron chi connectivity index (χ2n) is 10.6. The van der Waals surface area contributed by atoms with Gasteiger partial charge >= 0.3 is 0 Å². The first-order chi connectivity index (χ1) is 21.6. The Hall–Kier alpha value is -5.36. The average molecular weight is 585 g/mol. The molecular formula is C38H32O6. The number of aryl methyl sites for hydroxylation is 2. The molecule has 0 saturated heterocycles. The highest BCUT2D eigenvalue weighted by Crippen LogP contribution is 2.39. The van der Waals surface area contributed by atoms with Gasteiger partial charge in [0.05, 0.1) is 25.3 Å². The SMILES string of the molecule is COc1cccc2c1C(=O)c1c(ccc(CCc3ccc(OCc4ccccc4)c(OCc4ccccc4)c3)c1OC)C2=O. The van der Waals surface area contributed by atoms with Crippen molar-refractivity contribution in [2.24, 2.45) is 0 Å². The van der Waals surface area contributed by atoms with Crippen LogP contribution in [0.5, 0.6) is 23.0 Å². The molecule has 0 N–H and O–H groups in total. The fourth-order valence-corrected chi connectivity index (χ4v) is 5.55. The predicted octanol–water partition coefficient (Wildman–Crippen LogP) is 7.42. The van der Waals surface area contributed by atoms with Gasteiger partial charge in [-0.2, -0.15) is 0 Å². The van der Waals surface area contributed by atoms with Gasteiger partial charge in [0, 0.05) is 11.1 Å². The fourth-order valence-electron chi connectivity index (χ4n) is 5.55.